The number of likely N-dealkylation sites (tertiary alicyclic amines) is 1. The molecule has 7 heteroatoms. The van der Waals surface area contributed by atoms with Gasteiger partial charge in [0.2, 0.25) is 0 Å². The van der Waals surface area contributed by atoms with E-state index in [2.05, 4.69) is 18.7 Å². The van der Waals surface area contributed by atoms with Crippen molar-refractivity contribution in [2.45, 2.75) is 39.0 Å². The molecule has 0 aliphatic carbocycles. The van der Waals surface area contributed by atoms with Crippen molar-refractivity contribution in [3.63, 3.8) is 0 Å². The molecule has 0 radical (unpaired) electrons. The molecule has 1 aliphatic rings. The molecule has 0 bridgehead atoms. The fraction of sp³-hybridized carbons (Fsp3) is 0.435. The molecule has 0 saturated carbocycles. The average molecular weight is 436 g/mol. The third-order valence-corrected chi connectivity index (χ3v) is 5.74. The highest BCUT2D eigenvalue weighted by Gasteiger charge is 2.35. The Morgan fingerprint density at radius 3 is 2.60 bits per heavy atom. The smallest absolute Gasteiger partial charge is 0.363 e. The van der Waals surface area contributed by atoms with Crippen LogP contribution in [0, 0.1) is 17.2 Å². The lowest BCUT2D eigenvalue weighted by Crippen LogP contribution is -2.38. The Balaban J connectivity index is 1.98. The predicted octanol–water partition coefficient (Wildman–Crippen LogP) is 5.97. The van der Waals surface area contributed by atoms with Gasteiger partial charge in [-0.25, -0.2) is 0 Å². The number of rotatable bonds is 6. The van der Waals surface area contributed by atoms with Crippen LogP contribution < -0.4 is 4.90 Å². The van der Waals surface area contributed by atoms with Crippen LogP contribution >= 0.6 is 11.6 Å². The first kappa shape index (κ1) is 22.5. The van der Waals surface area contributed by atoms with Crippen molar-refractivity contribution in [1.82, 2.24) is 4.90 Å². The largest absolute Gasteiger partial charge is 0.417 e. The van der Waals surface area contributed by atoms with Gasteiger partial charge >= 0.3 is 6.18 Å². The van der Waals surface area contributed by atoms with Gasteiger partial charge in [0.15, 0.2) is 0 Å². The van der Waals surface area contributed by atoms with Crippen LogP contribution in [0.15, 0.2) is 42.5 Å². The maximum Gasteiger partial charge on any atom is 0.417 e. The number of anilines is 1. The molecule has 0 aromatic heterocycles. The van der Waals surface area contributed by atoms with E-state index in [0.717, 1.165) is 37.7 Å². The van der Waals surface area contributed by atoms with E-state index in [4.69, 9.17) is 16.9 Å². The molecule has 160 valence electrons. The van der Waals surface area contributed by atoms with Crippen LogP contribution in [0.4, 0.5) is 18.9 Å². The molecule has 2 aromatic rings. The van der Waals surface area contributed by atoms with E-state index in [0.29, 0.717) is 23.2 Å². The van der Waals surface area contributed by atoms with E-state index in [9.17, 15) is 13.2 Å². The van der Waals surface area contributed by atoms with Gasteiger partial charge in [0.25, 0.3) is 0 Å². The summed E-state index contributed by atoms with van der Waals surface area (Å²) >= 11 is 6.35. The molecule has 0 spiro atoms. The van der Waals surface area contributed by atoms with Crippen LogP contribution in [0.2, 0.25) is 5.02 Å². The molecule has 1 heterocycles. The zero-order chi connectivity index (χ0) is 21.9. The molecule has 3 nitrogen and oxygen atoms in total. The highest BCUT2D eigenvalue weighted by molar-refractivity contribution is 6.31. The van der Waals surface area contributed by atoms with Crippen LogP contribution in [0.5, 0.6) is 0 Å². The second-order valence-corrected chi connectivity index (χ2v) is 8.56. The third-order valence-electron chi connectivity index (χ3n) is 5.37. The normalized spacial score (nSPS) is 17.3. The van der Waals surface area contributed by atoms with E-state index < -0.39 is 11.7 Å². The number of hydrogen-bond donors (Lipinski definition) is 0. The Bertz CT molecular complexity index is 921. The van der Waals surface area contributed by atoms with Gasteiger partial charge in [0, 0.05) is 42.9 Å². The van der Waals surface area contributed by atoms with Crippen molar-refractivity contribution in [1.29, 1.82) is 5.26 Å². The lowest BCUT2D eigenvalue weighted by molar-refractivity contribution is -0.137. The minimum absolute atomic E-state index is 0.0639. The lowest BCUT2D eigenvalue weighted by Gasteiger charge is -2.32. The van der Waals surface area contributed by atoms with Gasteiger partial charge in [-0.1, -0.05) is 43.6 Å². The molecule has 1 aliphatic heterocycles. The number of halogens is 4. The summed E-state index contributed by atoms with van der Waals surface area (Å²) in [4.78, 5) is 4.35. The van der Waals surface area contributed by atoms with Gasteiger partial charge in [0.1, 0.15) is 0 Å². The molecular formula is C23H25ClF3N3. The van der Waals surface area contributed by atoms with Gasteiger partial charge in [-0.3, -0.25) is 0 Å². The summed E-state index contributed by atoms with van der Waals surface area (Å²) in [5.74, 6) is 0.521. The summed E-state index contributed by atoms with van der Waals surface area (Å²) in [6, 6.07) is 13.1. The van der Waals surface area contributed by atoms with Crippen molar-refractivity contribution in [3.8, 4) is 6.07 Å². The third kappa shape index (κ3) is 5.27. The highest BCUT2D eigenvalue weighted by atomic mass is 35.5. The first-order valence-electron chi connectivity index (χ1n) is 10.0. The van der Waals surface area contributed by atoms with Gasteiger partial charge in [-0.15, -0.1) is 0 Å². The predicted molar refractivity (Wildman–Crippen MR) is 113 cm³/mol. The fourth-order valence-corrected chi connectivity index (χ4v) is 4.23. The van der Waals surface area contributed by atoms with Gasteiger partial charge < -0.3 is 9.80 Å². The Kier molecular flexibility index (Phi) is 6.95. The standard InChI is InChI=1S/C23H25ClF3N3/c1-16(2)13-29-10-9-20(15-29)30(14-18-5-3-4-6-22(18)24)19-8-7-17(12-28)21(11-19)23(25,26)27/h3-8,11,16,20H,9-10,13-15H2,1-2H3. The second-order valence-electron chi connectivity index (χ2n) is 8.15. The second kappa shape index (κ2) is 9.28. The quantitative estimate of drug-likeness (QED) is 0.560. The first-order chi connectivity index (χ1) is 14.2. The van der Waals surface area contributed by atoms with Crippen LogP contribution in [0.25, 0.3) is 0 Å². The monoisotopic (exact) mass is 435 g/mol. The van der Waals surface area contributed by atoms with Crippen molar-refractivity contribution < 1.29 is 13.2 Å². The Labute approximate surface area is 180 Å². The van der Waals surface area contributed by atoms with Crippen molar-refractivity contribution in [2.75, 3.05) is 24.5 Å². The summed E-state index contributed by atoms with van der Waals surface area (Å²) < 4.78 is 40.7. The minimum atomic E-state index is -4.59. The molecule has 30 heavy (non-hydrogen) atoms. The highest BCUT2D eigenvalue weighted by Crippen LogP contribution is 2.36. The van der Waals surface area contributed by atoms with Gasteiger partial charge in [-0.2, -0.15) is 18.4 Å². The average Bonchev–Trinajstić information content (AvgIpc) is 3.13. The summed E-state index contributed by atoms with van der Waals surface area (Å²) in [5, 5.41) is 9.71. The molecule has 1 fully saturated rings. The summed E-state index contributed by atoms with van der Waals surface area (Å²) in [7, 11) is 0. The topological polar surface area (TPSA) is 30.3 Å². The van der Waals surface area contributed by atoms with E-state index >= 15 is 0 Å². The number of nitrogens with zero attached hydrogens (tertiary/aromatic N) is 3. The van der Waals surface area contributed by atoms with E-state index in [-0.39, 0.29) is 11.6 Å². The maximum atomic E-state index is 13.6. The van der Waals surface area contributed by atoms with E-state index in [1.165, 1.54) is 6.07 Å². The Morgan fingerprint density at radius 1 is 1.23 bits per heavy atom. The first-order valence-corrected chi connectivity index (χ1v) is 10.4. The molecule has 0 N–H and O–H groups in total. The molecule has 3 rings (SSSR count). The molecule has 1 saturated heterocycles. The number of alkyl halides is 3. The molecule has 1 unspecified atom stereocenters. The number of hydrogen-bond acceptors (Lipinski definition) is 3. The van der Waals surface area contributed by atoms with E-state index in [1.807, 2.05) is 23.1 Å². The van der Waals surface area contributed by atoms with E-state index in [1.54, 1.807) is 18.2 Å². The van der Waals surface area contributed by atoms with Crippen molar-refractivity contribution in [3.05, 3.63) is 64.2 Å². The van der Waals surface area contributed by atoms with Crippen LogP contribution in [0.1, 0.15) is 37.0 Å². The van der Waals surface area contributed by atoms with Crippen LogP contribution in [-0.2, 0) is 12.7 Å². The molecule has 0 amide bonds. The SMILES string of the molecule is CC(C)CN1CCC(N(Cc2ccccc2Cl)c2ccc(C#N)c(C(F)(F)F)c2)C1. The van der Waals surface area contributed by atoms with Gasteiger partial charge in [0.05, 0.1) is 17.2 Å². The zero-order valence-electron chi connectivity index (χ0n) is 17.1. The van der Waals surface area contributed by atoms with Crippen molar-refractivity contribution in [2.24, 2.45) is 5.92 Å². The summed E-state index contributed by atoms with van der Waals surface area (Å²) in [5.41, 5.74) is 0.0533. The molecular weight excluding hydrogens is 411 g/mol. The zero-order valence-corrected chi connectivity index (χ0v) is 17.8. The molecule has 1 atom stereocenters. The van der Waals surface area contributed by atoms with Gasteiger partial charge in [-0.05, 0) is 42.2 Å². The number of benzene rings is 2. The maximum absolute atomic E-state index is 13.6. The van der Waals surface area contributed by atoms with Crippen LogP contribution in [-0.4, -0.2) is 30.6 Å². The summed E-state index contributed by atoms with van der Waals surface area (Å²) in [6.07, 6.45) is -3.73. The lowest BCUT2D eigenvalue weighted by atomic mass is 10.0. The number of nitriles is 1. The van der Waals surface area contributed by atoms with Crippen LogP contribution in [0.3, 0.4) is 0 Å². The minimum Gasteiger partial charge on any atom is -0.363 e. The summed E-state index contributed by atoms with van der Waals surface area (Å²) in [6.45, 7) is 7.37. The fourth-order valence-electron chi connectivity index (χ4n) is 4.03. The van der Waals surface area contributed by atoms with Crippen molar-refractivity contribution >= 4 is 17.3 Å². The molecule has 2 aromatic carbocycles. The Hall–Kier alpha value is -2.23. The Morgan fingerprint density at radius 2 is 1.97 bits per heavy atom.